The highest BCUT2D eigenvalue weighted by atomic mass is 16.5. The molecule has 2 rings (SSSR count). The number of piperidine rings is 2. The third-order valence-corrected chi connectivity index (χ3v) is 4.68. The van der Waals surface area contributed by atoms with Gasteiger partial charge in [-0.25, -0.2) is 0 Å². The maximum absolute atomic E-state index is 6.10. The predicted octanol–water partition coefficient (Wildman–Crippen LogP) is 0.520. The minimum absolute atomic E-state index is 0.240. The third kappa shape index (κ3) is 2.81. The molecule has 0 bridgehead atoms. The van der Waals surface area contributed by atoms with Crippen molar-refractivity contribution in [2.75, 3.05) is 46.9 Å². The first kappa shape index (κ1) is 13.3. The Balaban J connectivity index is 2.01. The van der Waals surface area contributed by atoms with Gasteiger partial charge < -0.3 is 15.4 Å². The van der Waals surface area contributed by atoms with Crippen molar-refractivity contribution in [3.8, 4) is 0 Å². The fourth-order valence-corrected chi connectivity index (χ4v) is 3.25. The summed E-state index contributed by atoms with van der Waals surface area (Å²) in [5.74, 6) is 0. The summed E-state index contributed by atoms with van der Waals surface area (Å²) in [6.45, 7) is 5.40. The summed E-state index contributed by atoms with van der Waals surface area (Å²) in [5.41, 5.74) is 6.34. The summed E-state index contributed by atoms with van der Waals surface area (Å²) in [7, 11) is 4.03. The van der Waals surface area contributed by atoms with Crippen LogP contribution in [0.15, 0.2) is 0 Å². The Morgan fingerprint density at radius 3 is 2.59 bits per heavy atom. The molecule has 100 valence electrons. The van der Waals surface area contributed by atoms with E-state index in [2.05, 4.69) is 16.8 Å². The maximum Gasteiger partial charge on any atom is 0.0698 e. The van der Waals surface area contributed by atoms with Crippen molar-refractivity contribution in [2.24, 2.45) is 5.73 Å². The van der Waals surface area contributed by atoms with E-state index in [0.29, 0.717) is 6.10 Å². The van der Waals surface area contributed by atoms with Crippen molar-refractivity contribution in [3.05, 3.63) is 0 Å². The van der Waals surface area contributed by atoms with Crippen molar-refractivity contribution < 1.29 is 4.74 Å². The monoisotopic (exact) mass is 241 g/mol. The third-order valence-electron chi connectivity index (χ3n) is 4.68. The van der Waals surface area contributed by atoms with E-state index >= 15 is 0 Å². The van der Waals surface area contributed by atoms with Gasteiger partial charge in [0.2, 0.25) is 0 Å². The molecule has 2 fully saturated rings. The van der Waals surface area contributed by atoms with Crippen molar-refractivity contribution >= 4 is 0 Å². The molecule has 0 aromatic carbocycles. The topological polar surface area (TPSA) is 41.7 Å². The van der Waals surface area contributed by atoms with Gasteiger partial charge in [-0.15, -0.1) is 0 Å². The predicted molar refractivity (Wildman–Crippen MR) is 70.1 cm³/mol. The molecule has 2 saturated heterocycles. The van der Waals surface area contributed by atoms with E-state index in [1.807, 2.05) is 7.11 Å². The standard InChI is InChI=1S/C13H27N3O/c1-15-8-5-13(11-14,6-9-15)16-7-3-4-12(10-16)17-2/h12H,3-11,14H2,1-2H3. The molecule has 17 heavy (non-hydrogen) atoms. The first-order valence-electron chi connectivity index (χ1n) is 6.87. The number of hydrogen-bond acceptors (Lipinski definition) is 4. The molecule has 0 aromatic heterocycles. The van der Waals surface area contributed by atoms with E-state index in [1.54, 1.807) is 0 Å². The second kappa shape index (κ2) is 5.65. The van der Waals surface area contributed by atoms with E-state index < -0.39 is 0 Å². The first-order valence-corrected chi connectivity index (χ1v) is 6.87. The second-order valence-corrected chi connectivity index (χ2v) is 5.68. The Labute approximate surface area is 105 Å². The lowest BCUT2D eigenvalue weighted by molar-refractivity contribution is -0.0378. The molecule has 1 atom stereocenters. The van der Waals surface area contributed by atoms with Crippen LogP contribution in [0.4, 0.5) is 0 Å². The normalized spacial score (nSPS) is 31.6. The largest absolute Gasteiger partial charge is 0.380 e. The Morgan fingerprint density at radius 1 is 1.29 bits per heavy atom. The van der Waals surface area contributed by atoms with Gasteiger partial charge in [-0.3, -0.25) is 4.90 Å². The highest BCUT2D eigenvalue weighted by Gasteiger charge is 2.39. The lowest BCUT2D eigenvalue weighted by atomic mass is 9.84. The van der Waals surface area contributed by atoms with Gasteiger partial charge in [0.15, 0.2) is 0 Å². The molecular weight excluding hydrogens is 214 g/mol. The molecule has 0 amide bonds. The number of rotatable bonds is 3. The highest BCUT2D eigenvalue weighted by molar-refractivity contribution is 4.97. The van der Waals surface area contributed by atoms with E-state index in [-0.39, 0.29) is 5.54 Å². The molecule has 0 aliphatic carbocycles. The minimum atomic E-state index is 0.240. The van der Waals surface area contributed by atoms with Crippen LogP contribution in [0, 0.1) is 0 Å². The van der Waals surface area contributed by atoms with Crippen LogP contribution in [0.25, 0.3) is 0 Å². The van der Waals surface area contributed by atoms with Crippen molar-refractivity contribution in [2.45, 2.75) is 37.3 Å². The van der Waals surface area contributed by atoms with Gasteiger partial charge in [0.05, 0.1) is 6.10 Å². The Morgan fingerprint density at radius 2 is 2.00 bits per heavy atom. The summed E-state index contributed by atoms with van der Waals surface area (Å²) in [6.07, 6.45) is 5.27. The van der Waals surface area contributed by atoms with Gasteiger partial charge in [-0.2, -0.15) is 0 Å². The Kier molecular flexibility index (Phi) is 4.42. The smallest absolute Gasteiger partial charge is 0.0698 e. The summed E-state index contributed by atoms with van der Waals surface area (Å²) in [6, 6.07) is 0. The van der Waals surface area contributed by atoms with Crippen molar-refractivity contribution in [1.82, 2.24) is 9.80 Å². The summed E-state index contributed by atoms with van der Waals surface area (Å²) >= 11 is 0. The Hall–Kier alpha value is -0.160. The van der Waals surface area contributed by atoms with Crippen LogP contribution in [0.3, 0.4) is 0 Å². The lowest BCUT2D eigenvalue weighted by Crippen LogP contribution is -2.61. The molecule has 4 nitrogen and oxygen atoms in total. The van der Waals surface area contributed by atoms with E-state index in [1.165, 1.54) is 45.3 Å². The molecule has 2 N–H and O–H groups in total. The van der Waals surface area contributed by atoms with Gasteiger partial charge in [-0.1, -0.05) is 0 Å². The lowest BCUT2D eigenvalue weighted by Gasteiger charge is -2.50. The number of nitrogens with two attached hydrogens (primary N) is 1. The number of nitrogens with zero attached hydrogens (tertiary/aromatic N) is 2. The van der Waals surface area contributed by atoms with E-state index in [9.17, 15) is 0 Å². The van der Waals surface area contributed by atoms with Crippen LogP contribution < -0.4 is 5.73 Å². The maximum atomic E-state index is 6.10. The van der Waals surface area contributed by atoms with Gasteiger partial charge in [0, 0.05) is 25.7 Å². The molecule has 0 saturated carbocycles. The molecule has 2 aliphatic rings. The molecule has 1 unspecified atom stereocenters. The second-order valence-electron chi connectivity index (χ2n) is 5.68. The zero-order valence-corrected chi connectivity index (χ0v) is 11.3. The van der Waals surface area contributed by atoms with Gasteiger partial charge in [-0.05, 0) is 52.4 Å². The molecule has 0 radical (unpaired) electrons. The van der Waals surface area contributed by atoms with Crippen LogP contribution in [-0.2, 0) is 4.74 Å². The number of hydrogen-bond donors (Lipinski definition) is 1. The first-order chi connectivity index (χ1) is 8.20. The average molecular weight is 241 g/mol. The molecule has 2 aliphatic heterocycles. The molecule has 0 spiro atoms. The minimum Gasteiger partial charge on any atom is -0.380 e. The zero-order valence-electron chi connectivity index (χ0n) is 11.3. The van der Waals surface area contributed by atoms with Crippen LogP contribution in [0.5, 0.6) is 0 Å². The SMILES string of the molecule is COC1CCCN(C2(CN)CCN(C)CC2)C1. The Bertz CT molecular complexity index is 239. The van der Waals surface area contributed by atoms with Crippen LogP contribution in [-0.4, -0.2) is 68.3 Å². The summed E-state index contributed by atoms with van der Waals surface area (Å²) < 4.78 is 5.53. The highest BCUT2D eigenvalue weighted by Crippen LogP contribution is 2.30. The van der Waals surface area contributed by atoms with E-state index in [4.69, 9.17) is 10.5 Å². The summed E-state index contributed by atoms with van der Waals surface area (Å²) in [4.78, 5) is 5.02. The number of methoxy groups -OCH3 is 1. The fraction of sp³-hybridized carbons (Fsp3) is 1.00. The van der Waals surface area contributed by atoms with Gasteiger partial charge in [0.25, 0.3) is 0 Å². The molecular formula is C13H27N3O. The van der Waals surface area contributed by atoms with Gasteiger partial charge in [0.1, 0.15) is 0 Å². The molecule has 2 heterocycles. The van der Waals surface area contributed by atoms with Crippen LogP contribution in [0.1, 0.15) is 25.7 Å². The van der Waals surface area contributed by atoms with Crippen LogP contribution in [0.2, 0.25) is 0 Å². The number of likely N-dealkylation sites (tertiary alicyclic amines) is 2. The molecule has 0 aromatic rings. The van der Waals surface area contributed by atoms with E-state index in [0.717, 1.165) is 13.1 Å². The van der Waals surface area contributed by atoms with Crippen molar-refractivity contribution in [1.29, 1.82) is 0 Å². The quantitative estimate of drug-likeness (QED) is 0.782. The molecule has 4 heteroatoms. The van der Waals surface area contributed by atoms with Gasteiger partial charge >= 0.3 is 0 Å². The van der Waals surface area contributed by atoms with Crippen LogP contribution >= 0.6 is 0 Å². The zero-order chi connectivity index (χ0) is 12.3. The summed E-state index contributed by atoms with van der Waals surface area (Å²) in [5, 5.41) is 0. The average Bonchev–Trinajstić information content (AvgIpc) is 2.40. The van der Waals surface area contributed by atoms with Crippen molar-refractivity contribution in [3.63, 3.8) is 0 Å². The number of ether oxygens (including phenoxy) is 1. The fourth-order valence-electron chi connectivity index (χ4n) is 3.25.